The van der Waals surface area contributed by atoms with Crippen LogP contribution < -0.4 is 0 Å². The number of carboxylic acid groups (broad SMARTS) is 1. The monoisotopic (exact) mass is 234 g/mol. The van der Waals surface area contributed by atoms with Gasteiger partial charge in [0.15, 0.2) is 0 Å². The van der Waals surface area contributed by atoms with Gasteiger partial charge in [-0.25, -0.2) is 0 Å². The molecule has 1 fully saturated rings. The highest BCUT2D eigenvalue weighted by atomic mass is 16.5. The molecule has 0 spiro atoms. The molecule has 0 radical (unpaired) electrons. The molecule has 1 N–H and O–H groups in total. The van der Waals surface area contributed by atoms with E-state index in [1.165, 1.54) is 0 Å². The number of rotatable bonds is 3. The molecule has 0 aliphatic carbocycles. The molecule has 1 aliphatic rings. The van der Waals surface area contributed by atoms with Crippen molar-refractivity contribution in [2.75, 3.05) is 6.61 Å². The number of carbonyl (C=O) groups is 1. The van der Waals surface area contributed by atoms with Gasteiger partial charge < -0.3 is 9.84 Å². The zero-order valence-corrected chi connectivity index (χ0v) is 10.1. The maximum atomic E-state index is 11.1. The van der Waals surface area contributed by atoms with Crippen LogP contribution in [0.25, 0.3) is 0 Å². The minimum Gasteiger partial charge on any atom is -0.481 e. The van der Waals surface area contributed by atoms with Gasteiger partial charge in [0, 0.05) is 6.61 Å². The number of benzene rings is 1. The van der Waals surface area contributed by atoms with Gasteiger partial charge in [-0.3, -0.25) is 4.79 Å². The van der Waals surface area contributed by atoms with Crippen molar-refractivity contribution in [3.05, 3.63) is 35.9 Å². The Hall–Kier alpha value is -1.35. The molecular formula is C14H18O3. The number of hydrogen-bond acceptors (Lipinski definition) is 2. The molecule has 1 aromatic carbocycles. The summed E-state index contributed by atoms with van der Waals surface area (Å²) >= 11 is 0. The van der Waals surface area contributed by atoms with Crippen LogP contribution >= 0.6 is 0 Å². The predicted molar refractivity (Wildman–Crippen MR) is 64.7 cm³/mol. The second kappa shape index (κ2) is 4.88. The lowest BCUT2D eigenvalue weighted by Gasteiger charge is -2.39. The summed E-state index contributed by atoms with van der Waals surface area (Å²) in [7, 11) is 0. The topological polar surface area (TPSA) is 46.5 Å². The average molecular weight is 234 g/mol. The Morgan fingerprint density at radius 2 is 2.18 bits per heavy atom. The van der Waals surface area contributed by atoms with Crippen LogP contribution in [0.2, 0.25) is 0 Å². The van der Waals surface area contributed by atoms with Gasteiger partial charge in [-0.15, -0.1) is 0 Å². The van der Waals surface area contributed by atoms with Gasteiger partial charge in [0.05, 0.1) is 6.42 Å². The maximum absolute atomic E-state index is 11.1. The molecule has 0 amide bonds. The fourth-order valence-corrected chi connectivity index (χ4v) is 2.59. The summed E-state index contributed by atoms with van der Waals surface area (Å²) in [6.45, 7) is 2.80. The number of ether oxygens (including phenoxy) is 1. The van der Waals surface area contributed by atoms with Gasteiger partial charge in [-0.1, -0.05) is 37.3 Å². The zero-order chi connectivity index (χ0) is 12.3. The predicted octanol–water partition coefficient (Wildman–Crippen LogP) is 2.80. The molecular weight excluding hydrogens is 216 g/mol. The molecule has 0 aromatic heterocycles. The van der Waals surface area contributed by atoms with E-state index in [1.54, 1.807) is 0 Å². The van der Waals surface area contributed by atoms with Gasteiger partial charge in [0.1, 0.15) is 5.60 Å². The Kier molecular flexibility index (Phi) is 3.48. The lowest BCUT2D eigenvalue weighted by Crippen LogP contribution is -2.38. The molecule has 0 saturated carbocycles. The summed E-state index contributed by atoms with van der Waals surface area (Å²) in [5.41, 5.74) is 0.346. The van der Waals surface area contributed by atoms with Gasteiger partial charge in [0.2, 0.25) is 0 Å². The number of hydrogen-bond donors (Lipinski definition) is 1. The van der Waals surface area contributed by atoms with Crippen molar-refractivity contribution >= 4 is 5.97 Å². The van der Waals surface area contributed by atoms with Crippen molar-refractivity contribution in [1.82, 2.24) is 0 Å². The van der Waals surface area contributed by atoms with E-state index in [4.69, 9.17) is 9.84 Å². The third kappa shape index (κ3) is 2.67. The van der Waals surface area contributed by atoms with Crippen LogP contribution in [0.5, 0.6) is 0 Å². The van der Waals surface area contributed by atoms with Gasteiger partial charge in [0.25, 0.3) is 0 Å². The van der Waals surface area contributed by atoms with Crippen molar-refractivity contribution < 1.29 is 14.6 Å². The van der Waals surface area contributed by atoms with Gasteiger partial charge in [-0.05, 0) is 24.3 Å². The van der Waals surface area contributed by atoms with E-state index < -0.39 is 11.6 Å². The van der Waals surface area contributed by atoms with Crippen LogP contribution in [0, 0.1) is 5.92 Å². The van der Waals surface area contributed by atoms with Gasteiger partial charge in [-0.2, -0.15) is 0 Å². The van der Waals surface area contributed by atoms with Crippen LogP contribution in [0.4, 0.5) is 0 Å². The first-order valence-electron chi connectivity index (χ1n) is 6.04. The van der Waals surface area contributed by atoms with Crippen molar-refractivity contribution in [3.8, 4) is 0 Å². The SMILES string of the molecule is CC1CCOC(CC(=O)O)(c2ccccc2)C1. The van der Waals surface area contributed by atoms with Gasteiger partial charge >= 0.3 is 5.97 Å². The second-order valence-corrected chi connectivity index (χ2v) is 4.88. The highest BCUT2D eigenvalue weighted by Crippen LogP contribution is 2.40. The van der Waals surface area contributed by atoms with Crippen molar-refractivity contribution in [2.45, 2.75) is 31.8 Å². The molecule has 92 valence electrons. The highest BCUT2D eigenvalue weighted by Gasteiger charge is 2.39. The summed E-state index contributed by atoms with van der Waals surface area (Å²) in [4.78, 5) is 11.1. The van der Waals surface area contributed by atoms with E-state index in [-0.39, 0.29) is 6.42 Å². The molecule has 1 aromatic rings. The third-order valence-electron chi connectivity index (χ3n) is 3.40. The summed E-state index contributed by atoms with van der Waals surface area (Å²) < 4.78 is 5.85. The lowest BCUT2D eigenvalue weighted by atomic mass is 9.79. The summed E-state index contributed by atoms with van der Waals surface area (Å²) in [6.07, 6.45) is 1.83. The number of aliphatic carboxylic acids is 1. The van der Waals surface area contributed by atoms with E-state index in [9.17, 15) is 4.79 Å². The Labute approximate surface area is 101 Å². The molecule has 3 nitrogen and oxygen atoms in total. The summed E-state index contributed by atoms with van der Waals surface area (Å²) in [6, 6.07) is 9.72. The molecule has 2 rings (SSSR count). The second-order valence-electron chi connectivity index (χ2n) is 4.88. The third-order valence-corrected chi connectivity index (χ3v) is 3.40. The first-order chi connectivity index (χ1) is 8.12. The van der Waals surface area contributed by atoms with E-state index in [0.29, 0.717) is 12.5 Å². The molecule has 2 atom stereocenters. The molecule has 17 heavy (non-hydrogen) atoms. The van der Waals surface area contributed by atoms with E-state index in [0.717, 1.165) is 18.4 Å². The average Bonchev–Trinajstić information content (AvgIpc) is 2.29. The Morgan fingerprint density at radius 3 is 2.76 bits per heavy atom. The summed E-state index contributed by atoms with van der Waals surface area (Å²) in [5.74, 6) is -0.300. The fourth-order valence-electron chi connectivity index (χ4n) is 2.59. The van der Waals surface area contributed by atoms with Crippen LogP contribution in [0.1, 0.15) is 31.7 Å². The normalized spacial score (nSPS) is 28.9. The minimum atomic E-state index is -0.803. The molecule has 1 heterocycles. The first-order valence-corrected chi connectivity index (χ1v) is 6.04. The Morgan fingerprint density at radius 1 is 1.47 bits per heavy atom. The zero-order valence-electron chi connectivity index (χ0n) is 10.1. The quantitative estimate of drug-likeness (QED) is 0.874. The van der Waals surface area contributed by atoms with Crippen LogP contribution in [0.15, 0.2) is 30.3 Å². The summed E-state index contributed by atoms with van der Waals surface area (Å²) in [5, 5.41) is 9.10. The first kappa shape index (κ1) is 12.1. The molecule has 1 aliphatic heterocycles. The smallest absolute Gasteiger partial charge is 0.306 e. The van der Waals surface area contributed by atoms with E-state index in [1.807, 2.05) is 30.3 Å². The highest BCUT2D eigenvalue weighted by molar-refractivity contribution is 5.68. The van der Waals surface area contributed by atoms with Crippen molar-refractivity contribution in [3.63, 3.8) is 0 Å². The minimum absolute atomic E-state index is 0.0430. The molecule has 0 bridgehead atoms. The van der Waals surface area contributed by atoms with Crippen LogP contribution in [0.3, 0.4) is 0 Å². The number of carboxylic acids is 1. The largest absolute Gasteiger partial charge is 0.481 e. The van der Waals surface area contributed by atoms with Crippen molar-refractivity contribution in [1.29, 1.82) is 0 Å². The Bertz CT molecular complexity index is 388. The van der Waals surface area contributed by atoms with Crippen LogP contribution in [-0.4, -0.2) is 17.7 Å². The fraction of sp³-hybridized carbons (Fsp3) is 0.500. The van der Waals surface area contributed by atoms with E-state index in [2.05, 4.69) is 6.92 Å². The molecule has 2 unspecified atom stereocenters. The standard InChI is InChI=1S/C14H18O3/c1-11-7-8-17-14(9-11,10-13(15)16)12-5-3-2-4-6-12/h2-6,11H,7-10H2,1H3,(H,15,16). The molecule has 1 saturated heterocycles. The molecule has 3 heteroatoms. The van der Waals surface area contributed by atoms with E-state index >= 15 is 0 Å². The maximum Gasteiger partial charge on any atom is 0.306 e. The Balaban J connectivity index is 2.32. The lowest BCUT2D eigenvalue weighted by molar-refractivity contribution is -0.154. The van der Waals surface area contributed by atoms with Crippen LogP contribution in [-0.2, 0) is 15.1 Å². The van der Waals surface area contributed by atoms with Crippen molar-refractivity contribution in [2.24, 2.45) is 5.92 Å².